The van der Waals surface area contributed by atoms with E-state index in [2.05, 4.69) is 68.6 Å². The van der Waals surface area contributed by atoms with Crippen LogP contribution in [0.25, 0.3) is 0 Å². The van der Waals surface area contributed by atoms with E-state index in [-0.39, 0.29) is 5.54 Å². The van der Waals surface area contributed by atoms with Crippen molar-refractivity contribution in [1.82, 2.24) is 5.32 Å². The lowest BCUT2D eigenvalue weighted by atomic mass is 9.90. The third-order valence-electron chi connectivity index (χ3n) is 4.10. The molecule has 110 valence electrons. The van der Waals surface area contributed by atoms with Crippen molar-refractivity contribution in [2.75, 3.05) is 0 Å². The summed E-state index contributed by atoms with van der Waals surface area (Å²) in [5.74, 6) is 0.471. The first-order chi connectivity index (χ1) is 9.94. The second-order valence-electron chi connectivity index (χ2n) is 6.94. The second kappa shape index (κ2) is 5.47. The molecule has 0 unspecified atom stereocenters. The van der Waals surface area contributed by atoms with Gasteiger partial charge in [0.15, 0.2) is 0 Å². The van der Waals surface area contributed by atoms with Gasteiger partial charge in [-0.05, 0) is 56.0 Å². The average Bonchev–Trinajstić information content (AvgIpc) is 2.76. The highest BCUT2D eigenvalue weighted by molar-refractivity contribution is 6.30. The highest BCUT2D eigenvalue weighted by Gasteiger charge is 2.35. The minimum absolute atomic E-state index is 0.0823. The van der Waals surface area contributed by atoms with Crippen LogP contribution < -0.4 is 5.32 Å². The highest BCUT2D eigenvalue weighted by Crippen LogP contribution is 2.44. The minimum Gasteiger partial charge on any atom is -0.305 e. The summed E-state index contributed by atoms with van der Waals surface area (Å²) in [6.07, 6.45) is 1.05. The molecule has 2 atom stereocenters. The summed E-state index contributed by atoms with van der Waals surface area (Å²) in [6.45, 7) is 6.68. The maximum Gasteiger partial charge on any atom is 0.0408 e. The van der Waals surface area contributed by atoms with Gasteiger partial charge in [-0.2, -0.15) is 0 Å². The molecule has 0 aliphatic heterocycles. The van der Waals surface area contributed by atoms with Crippen molar-refractivity contribution < 1.29 is 0 Å². The number of nitrogens with one attached hydrogen (secondary N) is 1. The quantitative estimate of drug-likeness (QED) is 0.812. The van der Waals surface area contributed by atoms with Gasteiger partial charge in [0.25, 0.3) is 0 Å². The number of hydrogen-bond acceptors (Lipinski definition) is 1. The van der Waals surface area contributed by atoms with Crippen molar-refractivity contribution in [2.45, 2.75) is 44.7 Å². The molecular formula is C19H22ClN. The van der Waals surface area contributed by atoms with E-state index in [1.54, 1.807) is 0 Å². The molecule has 0 spiro atoms. The number of benzene rings is 2. The van der Waals surface area contributed by atoms with Crippen LogP contribution in [0.4, 0.5) is 0 Å². The number of rotatable bonds is 2. The summed E-state index contributed by atoms with van der Waals surface area (Å²) in [5.41, 5.74) is 4.24. The number of halogens is 1. The molecule has 0 saturated heterocycles. The molecule has 0 aromatic heterocycles. The lowest BCUT2D eigenvalue weighted by Gasteiger charge is -2.31. The molecule has 1 N–H and O–H groups in total. The van der Waals surface area contributed by atoms with Crippen LogP contribution in [0.2, 0.25) is 5.02 Å². The van der Waals surface area contributed by atoms with Gasteiger partial charge >= 0.3 is 0 Å². The Kier molecular flexibility index (Phi) is 3.81. The van der Waals surface area contributed by atoms with Gasteiger partial charge in [-0.25, -0.2) is 0 Å². The van der Waals surface area contributed by atoms with Gasteiger partial charge in [-0.1, -0.05) is 48.0 Å². The molecule has 1 aliphatic rings. The molecule has 2 heteroatoms. The van der Waals surface area contributed by atoms with Crippen LogP contribution in [0.5, 0.6) is 0 Å². The summed E-state index contributed by atoms with van der Waals surface area (Å²) in [4.78, 5) is 0. The van der Waals surface area contributed by atoms with Crippen molar-refractivity contribution >= 4 is 11.6 Å². The Morgan fingerprint density at radius 1 is 1.05 bits per heavy atom. The van der Waals surface area contributed by atoms with E-state index in [1.807, 2.05) is 6.07 Å². The lowest BCUT2D eigenvalue weighted by molar-refractivity contribution is 0.340. The van der Waals surface area contributed by atoms with Crippen LogP contribution >= 0.6 is 11.6 Å². The zero-order chi connectivity index (χ0) is 15.0. The SMILES string of the molecule is CC(C)(C)N[C@@H]1c2ccc(Cl)cc2C[C@@H]1c1ccccc1. The van der Waals surface area contributed by atoms with Gasteiger partial charge in [0, 0.05) is 22.5 Å². The topological polar surface area (TPSA) is 12.0 Å². The van der Waals surface area contributed by atoms with E-state index >= 15 is 0 Å². The van der Waals surface area contributed by atoms with Crippen molar-refractivity contribution in [2.24, 2.45) is 0 Å². The van der Waals surface area contributed by atoms with E-state index < -0.39 is 0 Å². The first kappa shape index (κ1) is 14.6. The van der Waals surface area contributed by atoms with Crippen molar-refractivity contribution in [1.29, 1.82) is 0 Å². The lowest BCUT2D eigenvalue weighted by Crippen LogP contribution is -2.40. The summed E-state index contributed by atoms with van der Waals surface area (Å²) in [7, 11) is 0. The molecule has 1 nitrogen and oxygen atoms in total. The van der Waals surface area contributed by atoms with E-state index in [0.29, 0.717) is 12.0 Å². The monoisotopic (exact) mass is 299 g/mol. The smallest absolute Gasteiger partial charge is 0.0408 e. The fraction of sp³-hybridized carbons (Fsp3) is 0.368. The zero-order valence-corrected chi connectivity index (χ0v) is 13.6. The summed E-state index contributed by atoms with van der Waals surface area (Å²) in [5, 5.41) is 4.63. The minimum atomic E-state index is 0.0823. The molecule has 0 saturated carbocycles. The predicted octanol–water partition coefficient (Wildman–Crippen LogP) is 5.11. The van der Waals surface area contributed by atoms with Crippen LogP contribution in [0.1, 0.15) is 49.4 Å². The Balaban J connectivity index is 2.01. The summed E-state index contributed by atoms with van der Waals surface area (Å²) >= 11 is 6.18. The fourth-order valence-corrected chi connectivity index (χ4v) is 3.48. The van der Waals surface area contributed by atoms with E-state index in [4.69, 9.17) is 11.6 Å². The normalized spacial score (nSPS) is 21.3. The first-order valence-electron chi connectivity index (χ1n) is 7.55. The average molecular weight is 300 g/mol. The van der Waals surface area contributed by atoms with Crippen LogP contribution in [0.3, 0.4) is 0 Å². The predicted molar refractivity (Wildman–Crippen MR) is 90.0 cm³/mol. The van der Waals surface area contributed by atoms with Crippen molar-refractivity contribution in [3.63, 3.8) is 0 Å². The summed E-state index contributed by atoms with van der Waals surface area (Å²) in [6, 6.07) is 17.4. The Bertz CT molecular complexity index is 628. The highest BCUT2D eigenvalue weighted by atomic mass is 35.5. The third kappa shape index (κ3) is 3.14. The fourth-order valence-electron chi connectivity index (χ4n) is 3.28. The molecule has 2 aromatic rings. The molecule has 21 heavy (non-hydrogen) atoms. The second-order valence-corrected chi connectivity index (χ2v) is 7.37. The van der Waals surface area contributed by atoms with Crippen LogP contribution in [0, 0.1) is 0 Å². The molecular weight excluding hydrogens is 278 g/mol. The Hall–Kier alpha value is -1.31. The van der Waals surface area contributed by atoms with Crippen molar-refractivity contribution in [3.05, 3.63) is 70.2 Å². The van der Waals surface area contributed by atoms with Gasteiger partial charge in [0.1, 0.15) is 0 Å². The zero-order valence-electron chi connectivity index (χ0n) is 12.9. The summed E-state index contributed by atoms with van der Waals surface area (Å²) < 4.78 is 0. The molecule has 1 aliphatic carbocycles. The molecule has 0 amide bonds. The van der Waals surface area contributed by atoms with Gasteiger partial charge in [0.2, 0.25) is 0 Å². The number of hydrogen-bond donors (Lipinski definition) is 1. The van der Waals surface area contributed by atoms with Crippen LogP contribution in [-0.4, -0.2) is 5.54 Å². The standard InChI is InChI=1S/C19H22ClN/c1-19(2,3)21-18-16-10-9-15(20)11-14(16)12-17(18)13-7-5-4-6-8-13/h4-11,17-18,21H,12H2,1-3H3/t17-,18-/m1/s1. The number of fused-ring (bicyclic) bond motifs is 1. The van der Waals surface area contributed by atoms with Gasteiger partial charge in [0.05, 0.1) is 0 Å². The maximum atomic E-state index is 6.18. The molecule has 0 bridgehead atoms. The van der Waals surface area contributed by atoms with Crippen molar-refractivity contribution in [3.8, 4) is 0 Å². The van der Waals surface area contributed by atoms with Gasteiger partial charge in [-0.15, -0.1) is 0 Å². The van der Waals surface area contributed by atoms with Crippen LogP contribution in [0.15, 0.2) is 48.5 Å². The van der Waals surface area contributed by atoms with Crippen LogP contribution in [-0.2, 0) is 6.42 Å². The Morgan fingerprint density at radius 2 is 1.76 bits per heavy atom. The van der Waals surface area contributed by atoms with E-state index in [1.165, 1.54) is 16.7 Å². The van der Waals surface area contributed by atoms with E-state index in [0.717, 1.165) is 11.4 Å². The Morgan fingerprint density at radius 3 is 2.43 bits per heavy atom. The largest absolute Gasteiger partial charge is 0.305 e. The first-order valence-corrected chi connectivity index (χ1v) is 7.93. The molecule has 0 radical (unpaired) electrons. The maximum absolute atomic E-state index is 6.18. The molecule has 2 aromatic carbocycles. The van der Waals surface area contributed by atoms with Gasteiger partial charge < -0.3 is 5.32 Å². The third-order valence-corrected chi connectivity index (χ3v) is 4.33. The molecule has 0 heterocycles. The molecule has 0 fully saturated rings. The Labute approximate surface area is 132 Å². The van der Waals surface area contributed by atoms with E-state index in [9.17, 15) is 0 Å². The van der Waals surface area contributed by atoms with Gasteiger partial charge in [-0.3, -0.25) is 0 Å². The molecule has 3 rings (SSSR count).